The molecule has 0 spiro atoms. The van der Waals surface area contributed by atoms with Crippen molar-refractivity contribution in [2.45, 2.75) is 152 Å². The summed E-state index contributed by atoms with van der Waals surface area (Å²) in [5.74, 6) is 0.849. The fourth-order valence-electron chi connectivity index (χ4n) is 11.2. The number of thiophene rings is 1. The van der Waals surface area contributed by atoms with Gasteiger partial charge in [0.15, 0.2) is 0 Å². The first-order chi connectivity index (χ1) is 27.4. The van der Waals surface area contributed by atoms with E-state index in [0.717, 1.165) is 6.42 Å². The molecule has 0 amide bonds. The molecule has 0 bridgehead atoms. The van der Waals surface area contributed by atoms with Crippen molar-refractivity contribution >= 4 is 66.6 Å². The van der Waals surface area contributed by atoms with Crippen LogP contribution in [0.15, 0.2) is 89.7 Å². The maximum Gasteiger partial charge on any atom is 0.264 e. The van der Waals surface area contributed by atoms with Crippen LogP contribution in [0.5, 0.6) is 0 Å². The van der Waals surface area contributed by atoms with Crippen molar-refractivity contribution in [3.63, 3.8) is 0 Å². The largest absolute Gasteiger partial charge is 0.335 e. The first kappa shape index (κ1) is 40.6. The van der Waals surface area contributed by atoms with Gasteiger partial charge in [-0.3, -0.25) is 0 Å². The van der Waals surface area contributed by atoms with Crippen LogP contribution in [0.3, 0.4) is 0 Å². The van der Waals surface area contributed by atoms with Gasteiger partial charge in [-0.25, -0.2) is 0 Å². The number of benzene rings is 3. The minimum absolute atomic E-state index is 0.0704. The van der Waals surface area contributed by atoms with Gasteiger partial charge in [-0.1, -0.05) is 139 Å². The highest BCUT2D eigenvalue weighted by molar-refractivity contribution is 7.33. The molecule has 3 atom stereocenters. The van der Waals surface area contributed by atoms with Gasteiger partial charge >= 0.3 is 0 Å². The molecule has 4 aromatic rings. The van der Waals surface area contributed by atoms with Gasteiger partial charge in [-0.2, -0.15) is 0 Å². The lowest BCUT2D eigenvalue weighted by atomic mass is 9.35. The van der Waals surface area contributed by atoms with Crippen molar-refractivity contribution in [1.29, 1.82) is 0 Å². The maximum absolute atomic E-state index is 2.83. The zero-order valence-electron chi connectivity index (χ0n) is 39.2. The molecule has 308 valence electrons. The summed E-state index contributed by atoms with van der Waals surface area (Å²) in [6.07, 6.45) is 16.1. The van der Waals surface area contributed by atoms with E-state index >= 15 is 0 Å². The quantitative estimate of drug-likeness (QED) is 0.186. The topological polar surface area (TPSA) is 6.48 Å². The second kappa shape index (κ2) is 13.1. The highest BCUT2D eigenvalue weighted by atomic mass is 32.1. The van der Waals surface area contributed by atoms with Crippen molar-refractivity contribution < 1.29 is 0 Å². The molecule has 5 aliphatic rings. The van der Waals surface area contributed by atoms with Gasteiger partial charge in [0.25, 0.3) is 6.71 Å². The second-order valence-electron chi connectivity index (χ2n) is 23.6. The molecule has 2 aliphatic heterocycles. The Bertz CT molecular complexity index is 2550. The number of fused-ring (bicyclic) bond motifs is 7. The molecule has 0 N–H and O–H groups in total. The molecular formula is C55H69BN2S. The van der Waals surface area contributed by atoms with Gasteiger partial charge in [-0.05, 0) is 147 Å². The van der Waals surface area contributed by atoms with Crippen molar-refractivity contribution in [2.24, 2.45) is 22.7 Å². The van der Waals surface area contributed by atoms with E-state index < -0.39 is 0 Å². The lowest BCUT2D eigenvalue weighted by Gasteiger charge is -2.50. The van der Waals surface area contributed by atoms with Crippen LogP contribution in [0.4, 0.5) is 22.7 Å². The summed E-state index contributed by atoms with van der Waals surface area (Å²) in [7, 11) is 0. The Hall–Kier alpha value is -3.76. The molecular weight excluding hydrogens is 731 g/mol. The summed E-state index contributed by atoms with van der Waals surface area (Å²) in [5, 5.41) is 1.38. The minimum Gasteiger partial charge on any atom is -0.335 e. The number of hydrogen-bond donors (Lipinski definition) is 0. The van der Waals surface area contributed by atoms with Gasteiger partial charge in [-0.15, -0.1) is 11.3 Å². The van der Waals surface area contributed by atoms with Gasteiger partial charge < -0.3 is 9.80 Å². The van der Waals surface area contributed by atoms with Gasteiger partial charge in [0.1, 0.15) is 0 Å². The molecule has 0 fully saturated rings. The van der Waals surface area contributed by atoms with E-state index in [0.29, 0.717) is 11.8 Å². The molecule has 0 radical (unpaired) electrons. The Labute approximate surface area is 361 Å². The smallest absolute Gasteiger partial charge is 0.264 e. The SMILES string of the molecule is CC1=CC(C(C)(C)C)=CC(C)C1N1c2cc3c(cc2B2c4sc5cc(C(C)(C)C)ccc5c4N(C4=CCC(C(C)(C)C)C=C4)c4cc(C)cc1c42)C(C)(C)CCC3(C)C. The van der Waals surface area contributed by atoms with E-state index in [9.17, 15) is 0 Å². The van der Waals surface area contributed by atoms with Crippen LogP contribution in [0.2, 0.25) is 0 Å². The zero-order chi connectivity index (χ0) is 42.5. The normalized spacial score (nSPS) is 23.3. The van der Waals surface area contributed by atoms with Crippen LogP contribution in [0, 0.1) is 29.6 Å². The van der Waals surface area contributed by atoms with Crippen LogP contribution in [0.25, 0.3) is 10.1 Å². The highest BCUT2D eigenvalue weighted by Crippen LogP contribution is 2.52. The third-order valence-corrected chi connectivity index (χ3v) is 16.3. The number of anilines is 4. The first-order valence-corrected chi connectivity index (χ1v) is 23.5. The Balaban J connectivity index is 1.38. The highest BCUT2D eigenvalue weighted by Gasteiger charge is 2.49. The second-order valence-corrected chi connectivity index (χ2v) is 24.7. The predicted molar refractivity (Wildman–Crippen MR) is 261 cm³/mol. The molecule has 3 aliphatic carbocycles. The fourth-order valence-corrected chi connectivity index (χ4v) is 12.6. The number of aryl methyl sites for hydroxylation is 1. The van der Waals surface area contributed by atoms with Crippen LogP contribution >= 0.6 is 11.3 Å². The van der Waals surface area contributed by atoms with E-state index in [4.69, 9.17) is 0 Å². The van der Waals surface area contributed by atoms with Crippen LogP contribution in [-0.4, -0.2) is 12.8 Å². The van der Waals surface area contributed by atoms with Crippen molar-refractivity contribution in [3.05, 3.63) is 112 Å². The lowest BCUT2D eigenvalue weighted by Crippen LogP contribution is -2.63. The molecule has 3 unspecified atom stereocenters. The number of rotatable bonds is 2. The van der Waals surface area contributed by atoms with Crippen molar-refractivity contribution in [3.8, 4) is 0 Å². The van der Waals surface area contributed by atoms with E-state index in [1.54, 1.807) is 11.1 Å². The molecule has 3 aromatic carbocycles. The summed E-state index contributed by atoms with van der Waals surface area (Å²) in [6.45, 7) is 38.6. The van der Waals surface area contributed by atoms with E-state index in [2.05, 4.69) is 205 Å². The Kier molecular flexibility index (Phi) is 9.04. The minimum atomic E-state index is 0.0704. The molecule has 59 heavy (non-hydrogen) atoms. The lowest BCUT2D eigenvalue weighted by molar-refractivity contribution is 0.293. The third kappa shape index (κ3) is 6.39. The Morgan fingerprint density at radius 2 is 1.44 bits per heavy atom. The van der Waals surface area contributed by atoms with E-state index in [1.165, 1.54) is 89.3 Å². The summed E-state index contributed by atoms with van der Waals surface area (Å²) < 4.78 is 2.89. The molecule has 3 heterocycles. The zero-order valence-corrected chi connectivity index (χ0v) is 40.0. The fraction of sp³-hybridized carbons (Fsp3) is 0.491. The van der Waals surface area contributed by atoms with Crippen LogP contribution < -0.4 is 25.5 Å². The molecule has 4 heteroatoms. The predicted octanol–water partition coefficient (Wildman–Crippen LogP) is 13.7. The maximum atomic E-state index is 2.83. The monoisotopic (exact) mass is 801 g/mol. The van der Waals surface area contributed by atoms with Crippen LogP contribution in [0.1, 0.15) is 145 Å². The molecule has 0 saturated carbocycles. The van der Waals surface area contributed by atoms with Crippen LogP contribution in [-0.2, 0) is 16.2 Å². The summed E-state index contributed by atoms with van der Waals surface area (Å²) in [5.41, 5.74) is 19.1. The Morgan fingerprint density at radius 3 is 2.03 bits per heavy atom. The molecule has 1 aromatic heterocycles. The number of hydrogen-bond acceptors (Lipinski definition) is 3. The third-order valence-electron chi connectivity index (χ3n) is 15.1. The summed E-state index contributed by atoms with van der Waals surface area (Å²) in [4.78, 5) is 5.53. The molecule has 9 rings (SSSR count). The van der Waals surface area contributed by atoms with Gasteiger partial charge in [0.2, 0.25) is 0 Å². The Morgan fingerprint density at radius 1 is 0.780 bits per heavy atom. The van der Waals surface area contributed by atoms with Crippen molar-refractivity contribution in [1.82, 2.24) is 0 Å². The number of nitrogens with zero attached hydrogens (tertiary/aromatic N) is 2. The van der Waals surface area contributed by atoms with Crippen molar-refractivity contribution in [2.75, 3.05) is 9.80 Å². The van der Waals surface area contributed by atoms with Gasteiger partial charge in [0, 0.05) is 37.6 Å². The molecule has 2 nitrogen and oxygen atoms in total. The summed E-state index contributed by atoms with van der Waals surface area (Å²) >= 11 is 2.05. The number of allylic oxidation sites excluding steroid dienone is 5. The summed E-state index contributed by atoms with van der Waals surface area (Å²) in [6, 6.07) is 18.1. The van der Waals surface area contributed by atoms with E-state index in [-0.39, 0.29) is 39.8 Å². The average molecular weight is 801 g/mol. The van der Waals surface area contributed by atoms with Gasteiger partial charge in [0.05, 0.1) is 11.7 Å². The van der Waals surface area contributed by atoms with E-state index in [1.807, 2.05) is 0 Å². The molecule has 0 saturated heterocycles. The first-order valence-electron chi connectivity index (χ1n) is 22.7. The average Bonchev–Trinajstić information content (AvgIpc) is 3.51. The standard InChI is InChI=1S/C55H69BN2S/c1-32-25-44-47-45(26-32)58(48-33(2)27-37(28-34(48)3)53(10,11)12)43-31-41-40(54(13,14)23-24-55(41,15)16)30-42(43)56(47)50-49(39-22-19-36(52(7,8)9)29-46(39)59-50)57(44)38-20-17-35(18-21-38)51(4,5)6/h17,19-22,25-31,33,35,48H,18,23-24H2,1-16H3.